The van der Waals surface area contributed by atoms with Crippen LogP contribution in [0, 0.1) is 6.92 Å². The first kappa shape index (κ1) is 19.2. The normalized spacial score (nSPS) is 12.0. The van der Waals surface area contributed by atoms with Gasteiger partial charge in [0.05, 0.1) is 17.9 Å². The van der Waals surface area contributed by atoms with E-state index in [1.54, 1.807) is 6.92 Å². The number of benzene rings is 1. The van der Waals surface area contributed by atoms with E-state index in [2.05, 4.69) is 9.17 Å². The number of carbonyl (C=O) groups is 1. The third-order valence-corrected chi connectivity index (χ3v) is 4.99. The molecule has 0 fully saturated rings. The van der Waals surface area contributed by atoms with Gasteiger partial charge in [-0.1, -0.05) is 12.1 Å². The van der Waals surface area contributed by atoms with Gasteiger partial charge in [-0.15, -0.1) is 11.3 Å². The Morgan fingerprint density at radius 3 is 2.52 bits per heavy atom. The number of aromatic nitrogens is 1. The summed E-state index contributed by atoms with van der Waals surface area (Å²) >= 11 is 0.867. The lowest BCUT2D eigenvalue weighted by Gasteiger charge is -2.11. The number of hydrogen-bond acceptors (Lipinski definition) is 7. The Balaban J connectivity index is 2.46. The van der Waals surface area contributed by atoms with Crippen LogP contribution in [0.1, 0.15) is 22.3 Å². The van der Waals surface area contributed by atoms with E-state index in [0.29, 0.717) is 5.69 Å². The smallest absolute Gasteiger partial charge is 0.462 e. The van der Waals surface area contributed by atoms with Crippen LogP contribution in [0.2, 0.25) is 0 Å². The Hall–Kier alpha value is -2.14. The van der Waals surface area contributed by atoms with Gasteiger partial charge in [0.25, 0.3) is 0 Å². The topological polar surface area (TPSA) is 82.6 Å². The maximum absolute atomic E-state index is 12.5. The molecule has 0 saturated heterocycles. The molecule has 2 aromatic rings. The van der Waals surface area contributed by atoms with Gasteiger partial charge in [-0.25, -0.2) is 9.78 Å². The molecule has 0 aliphatic rings. The molecule has 1 heterocycles. The number of alkyl halides is 3. The summed E-state index contributed by atoms with van der Waals surface area (Å²) in [6.07, 6.45) is 0. The Labute approximate surface area is 145 Å². The van der Waals surface area contributed by atoms with Crippen LogP contribution in [0.3, 0.4) is 0 Å². The van der Waals surface area contributed by atoms with Crippen LogP contribution in [0.15, 0.2) is 24.3 Å². The van der Waals surface area contributed by atoms with Gasteiger partial charge < -0.3 is 8.92 Å². The van der Waals surface area contributed by atoms with Gasteiger partial charge in [0.2, 0.25) is 0 Å². The molecule has 0 radical (unpaired) electrons. The van der Waals surface area contributed by atoms with Crippen molar-refractivity contribution in [2.45, 2.75) is 19.4 Å². The molecule has 0 amide bonds. The zero-order valence-electron chi connectivity index (χ0n) is 13.0. The first-order chi connectivity index (χ1) is 11.6. The number of nitrogens with zero attached hydrogens (tertiary/aromatic N) is 1. The molecular weight excluding hydrogens is 383 g/mol. The van der Waals surface area contributed by atoms with E-state index in [1.807, 2.05) is 0 Å². The average molecular weight is 395 g/mol. The van der Waals surface area contributed by atoms with Gasteiger partial charge in [0.1, 0.15) is 9.88 Å². The van der Waals surface area contributed by atoms with E-state index in [4.69, 9.17) is 4.74 Å². The lowest BCUT2D eigenvalue weighted by atomic mass is 10.2. The highest BCUT2D eigenvalue weighted by Gasteiger charge is 2.48. The number of esters is 1. The number of thiazole rings is 1. The molecule has 25 heavy (non-hydrogen) atoms. The van der Waals surface area contributed by atoms with Crippen molar-refractivity contribution in [3.8, 4) is 16.3 Å². The number of para-hydroxylation sites is 1. The number of rotatable bonds is 5. The molecule has 1 aromatic heterocycles. The second kappa shape index (κ2) is 7.00. The molecule has 0 aliphatic heterocycles. The van der Waals surface area contributed by atoms with Gasteiger partial charge in [-0.05, 0) is 26.0 Å². The second-order valence-corrected chi connectivity index (χ2v) is 7.17. The molecule has 6 nitrogen and oxygen atoms in total. The van der Waals surface area contributed by atoms with Gasteiger partial charge in [0.15, 0.2) is 5.75 Å². The SMILES string of the molecule is CCOC(=O)c1sc(-c2ccccc2OS(=O)(=O)C(F)(F)F)nc1C. The van der Waals surface area contributed by atoms with Gasteiger partial charge in [-0.2, -0.15) is 21.6 Å². The van der Waals surface area contributed by atoms with Crippen molar-refractivity contribution in [3.63, 3.8) is 0 Å². The quantitative estimate of drug-likeness (QED) is 0.438. The molecule has 0 unspecified atom stereocenters. The second-order valence-electron chi connectivity index (χ2n) is 4.63. The number of ether oxygens (including phenoxy) is 1. The Morgan fingerprint density at radius 1 is 1.28 bits per heavy atom. The van der Waals surface area contributed by atoms with Crippen LogP contribution >= 0.6 is 11.3 Å². The van der Waals surface area contributed by atoms with Crippen molar-refractivity contribution in [2.24, 2.45) is 0 Å². The summed E-state index contributed by atoms with van der Waals surface area (Å²) in [7, 11) is -5.82. The van der Waals surface area contributed by atoms with Gasteiger partial charge >= 0.3 is 21.6 Å². The summed E-state index contributed by atoms with van der Waals surface area (Å²) < 4.78 is 69.1. The average Bonchev–Trinajstić information content (AvgIpc) is 2.88. The number of carbonyl (C=O) groups excluding carboxylic acids is 1. The summed E-state index contributed by atoms with van der Waals surface area (Å²) in [6, 6.07) is 5.20. The predicted octanol–water partition coefficient (Wildman–Crippen LogP) is 3.52. The number of halogens is 3. The molecule has 0 saturated carbocycles. The van der Waals surface area contributed by atoms with Crippen molar-refractivity contribution < 1.29 is 35.3 Å². The highest BCUT2D eigenvalue weighted by atomic mass is 32.2. The van der Waals surface area contributed by atoms with Crippen molar-refractivity contribution in [3.05, 3.63) is 34.8 Å². The third kappa shape index (κ3) is 4.10. The lowest BCUT2D eigenvalue weighted by molar-refractivity contribution is -0.0499. The Morgan fingerprint density at radius 2 is 1.92 bits per heavy atom. The standard InChI is InChI=1S/C14H12F3NO5S2/c1-3-22-13(19)11-8(2)18-12(24-11)9-6-4-5-7-10(9)23-25(20,21)14(15,16)17/h4-7H,3H2,1-2H3. The van der Waals surface area contributed by atoms with Crippen LogP contribution in [0.4, 0.5) is 13.2 Å². The Bertz CT molecular complexity index is 890. The molecule has 2 rings (SSSR count). The zero-order chi connectivity index (χ0) is 18.8. The van der Waals surface area contributed by atoms with Crippen LogP contribution < -0.4 is 4.18 Å². The molecule has 0 spiro atoms. The largest absolute Gasteiger partial charge is 0.534 e. The van der Waals surface area contributed by atoms with Gasteiger partial charge in [0, 0.05) is 0 Å². The summed E-state index contributed by atoms with van der Waals surface area (Å²) in [4.78, 5) is 16.1. The maximum Gasteiger partial charge on any atom is 0.534 e. The fourth-order valence-electron chi connectivity index (χ4n) is 1.78. The van der Waals surface area contributed by atoms with E-state index in [-0.39, 0.29) is 22.1 Å². The van der Waals surface area contributed by atoms with Crippen molar-refractivity contribution in [1.29, 1.82) is 0 Å². The van der Waals surface area contributed by atoms with Crippen LogP contribution in [0.5, 0.6) is 5.75 Å². The first-order valence-electron chi connectivity index (χ1n) is 6.81. The molecule has 1 aromatic carbocycles. The minimum absolute atomic E-state index is 0.0129. The van der Waals surface area contributed by atoms with Crippen LogP contribution in [-0.2, 0) is 14.9 Å². The monoisotopic (exact) mass is 395 g/mol. The van der Waals surface area contributed by atoms with Gasteiger partial charge in [-0.3, -0.25) is 0 Å². The van der Waals surface area contributed by atoms with Crippen LogP contribution in [-0.4, -0.2) is 31.5 Å². The van der Waals surface area contributed by atoms with E-state index in [0.717, 1.165) is 17.4 Å². The van der Waals surface area contributed by atoms with Crippen molar-refractivity contribution >= 4 is 27.4 Å². The van der Waals surface area contributed by atoms with Crippen LogP contribution in [0.25, 0.3) is 10.6 Å². The highest BCUT2D eigenvalue weighted by Crippen LogP contribution is 2.37. The molecule has 136 valence electrons. The third-order valence-electron chi connectivity index (χ3n) is 2.86. The molecular formula is C14H12F3NO5S2. The van der Waals surface area contributed by atoms with Crippen molar-refractivity contribution in [2.75, 3.05) is 6.61 Å². The maximum atomic E-state index is 12.5. The lowest BCUT2D eigenvalue weighted by Crippen LogP contribution is -2.28. The Kier molecular flexibility index (Phi) is 5.37. The molecule has 0 aliphatic carbocycles. The summed E-state index contributed by atoms with van der Waals surface area (Å²) in [6.45, 7) is 3.30. The summed E-state index contributed by atoms with van der Waals surface area (Å²) in [5, 5.41) is 0.133. The molecule has 0 bridgehead atoms. The van der Waals surface area contributed by atoms with E-state index in [9.17, 15) is 26.4 Å². The summed E-state index contributed by atoms with van der Waals surface area (Å²) in [5.74, 6) is -1.16. The van der Waals surface area contributed by atoms with E-state index < -0.39 is 27.3 Å². The molecule has 11 heteroatoms. The number of aryl methyl sites for hydroxylation is 1. The van der Waals surface area contributed by atoms with E-state index >= 15 is 0 Å². The summed E-state index contributed by atoms with van der Waals surface area (Å²) in [5.41, 5.74) is -5.24. The predicted molar refractivity (Wildman–Crippen MR) is 83.8 cm³/mol. The molecule has 0 atom stereocenters. The van der Waals surface area contributed by atoms with Crippen molar-refractivity contribution in [1.82, 2.24) is 4.98 Å². The fourth-order valence-corrected chi connectivity index (χ4v) is 3.25. The minimum Gasteiger partial charge on any atom is -0.462 e. The minimum atomic E-state index is -5.82. The highest BCUT2D eigenvalue weighted by molar-refractivity contribution is 7.88. The number of hydrogen-bond donors (Lipinski definition) is 0. The fraction of sp³-hybridized carbons (Fsp3) is 0.286. The van der Waals surface area contributed by atoms with E-state index in [1.165, 1.54) is 25.1 Å². The zero-order valence-corrected chi connectivity index (χ0v) is 14.6. The first-order valence-corrected chi connectivity index (χ1v) is 9.04. The molecule has 0 N–H and O–H groups in total.